The molecule has 0 radical (unpaired) electrons. The summed E-state index contributed by atoms with van der Waals surface area (Å²) in [5, 5.41) is 6.72. The van der Waals surface area contributed by atoms with E-state index in [9.17, 15) is 0 Å². The third kappa shape index (κ3) is 19.6. The van der Waals surface area contributed by atoms with Gasteiger partial charge in [-0.25, -0.2) is 0 Å². The van der Waals surface area contributed by atoms with Crippen LogP contribution in [0.25, 0.3) is 0 Å². The van der Waals surface area contributed by atoms with Gasteiger partial charge in [-0.05, 0) is 55.4 Å². The fourth-order valence-electron chi connectivity index (χ4n) is 1.85. The first-order valence-corrected chi connectivity index (χ1v) is 9.55. The molecule has 0 aromatic heterocycles. The van der Waals surface area contributed by atoms with E-state index < -0.39 is 0 Å². The van der Waals surface area contributed by atoms with Gasteiger partial charge in [0.15, 0.2) is 0 Å². The minimum atomic E-state index is 0. The van der Waals surface area contributed by atoms with Crippen LogP contribution in [0.15, 0.2) is 9.98 Å². The van der Waals surface area contributed by atoms with E-state index in [2.05, 4.69) is 104 Å². The van der Waals surface area contributed by atoms with Crippen LogP contribution < -0.4 is 10.6 Å². The van der Waals surface area contributed by atoms with Crippen LogP contribution in [-0.2, 0) is 17.1 Å². The Morgan fingerprint density at radius 1 is 0.520 bits per heavy atom. The Bertz CT molecular complexity index is 334. The minimum Gasteiger partial charge on any atom is -0.371 e. The fourth-order valence-corrected chi connectivity index (χ4v) is 1.85. The summed E-state index contributed by atoms with van der Waals surface area (Å²) >= 11 is 0. The maximum absolute atomic E-state index is 4.52. The Balaban J connectivity index is -0.000000372. The maximum Gasteiger partial charge on any atom is 0.0993 e. The van der Waals surface area contributed by atoms with E-state index in [4.69, 9.17) is 0 Å². The van der Waals surface area contributed by atoms with E-state index in [1.54, 1.807) is 0 Å². The second-order valence-electron chi connectivity index (χ2n) is 8.12. The first kappa shape index (κ1) is 29.2. The van der Waals surface area contributed by atoms with Gasteiger partial charge in [0.2, 0.25) is 0 Å². The van der Waals surface area contributed by atoms with Crippen LogP contribution in [0.5, 0.6) is 0 Å². The van der Waals surface area contributed by atoms with Crippen molar-refractivity contribution in [2.24, 2.45) is 21.8 Å². The van der Waals surface area contributed by atoms with Gasteiger partial charge in [-0.15, -0.1) is 0 Å². The molecule has 0 rings (SSSR count). The standard InChI is InChI=1S/2C10H22N2.Fe/c2*1-7(2)10(11-8(3)4)12-9(5)6;/h2*7-9H,1-6H3,(H,11,12);. The van der Waals surface area contributed by atoms with Crippen molar-refractivity contribution in [1.29, 1.82) is 0 Å². The molecule has 0 saturated carbocycles. The summed E-state index contributed by atoms with van der Waals surface area (Å²) < 4.78 is 0. The first-order valence-electron chi connectivity index (χ1n) is 9.55. The van der Waals surface area contributed by atoms with Crippen LogP contribution >= 0.6 is 0 Å². The zero-order valence-electron chi connectivity index (χ0n) is 18.7. The molecule has 5 heteroatoms. The maximum atomic E-state index is 4.52. The molecule has 152 valence electrons. The van der Waals surface area contributed by atoms with Crippen molar-refractivity contribution in [3.63, 3.8) is 0 Å². The smallest absolute Gasteiger partial charge is 0.0993 e. The number of rotatable bonds is 6. The summed E-state index contributed by atoms with van der Waals surface area (Å²) in [6.45, 7) is 25.6. The van der Waals surface area contributed by atoms with Crippen molar-refractivity contribution < 1.29 is 17.1 Å². The monoisotopic (exact) mass is 396 g/mol. The van der Waals surface area contributed by atoms with Crippen LogP contribution in [0, 0.1) is 11.8 Å². The van der Waals surface area contributed by atoms with Crippen molar-refractivity contribution in [3.8, 4) is 0 Å². The Hall–Kier alpha value is -0.541. The summed E-state index contributed by atoms with van der Waals surface area (Å²) in [6.07, 6.45) is 0. The number of nitrogens with one attached hydrogen (secondary N) is 2. The average Bonchev–Trinajstić information content (AvgIpc) is 2.35. The topological polar surface area (TPSA) is 48.8 Å². The van der Waals surface area contributed by atoms with E-state index in [0.29, 0.717) is 36.0 Å². The van der Waals surface area contributed by atoms with Gasteiger partial charge in [0.05, 0.1) is 11.7 Å². The molecule has 0 amide bonds. The molecule has 0 atom stereocenters. The number of nitrogens with zero attached hydrogens (tertiary/aromatic N) is 2. The van der Waals surface area contributed by atoms with E-state index in [-0.39, 0.29) is 17.1 Å². The predicted molar refractivity (Wildman–Crippen MR) is 111 cm³/mol. The number of aliphatic imine (C=N–C) groups is 2. The van der Waals surface area contributed by atoms with Crippen LogP contribution in [0.4, 0.5) is 0 Å². The molecule has 0 aliphatic carbocycles. The number of hydrogen-bond acceptors (Lipinski definition) is 2. The molecular weight excluding hydrogens is 352 g/mol. The van der Waals surface area contributed by atoms with Gasteiger partial charge in [0.25, 0.3) is 0 Å². The van der Waals surface area contributed by atoms with E-state index in [0.717, 1.165) is 11.7 Å². The molecule has 25 heavy (non-hydrogen) atoms. The Morgan fingerprint density at radius 2 is 0.760 bits per heavy atom. The largest absolute Gasteiger partial charge is 0.371 e. The van der Waals surface area contributed by atoms with E-state index >= 15 is 0 Å². The normalized spacial score (nSPS) is 12.7. The van der Waals surface area contributed by atoms with Gasteiger partial charge in [-0.3, -0.25) is 9.98 Å². The molecule has 0 saturated heterocycles. The van der Waals surface area contributed by atoms with Gasteiger partial charge in [0, 0.05) is 53.1 Å². The van der Waals surface area contributed by atoms with Crippen LogP contribution in [0.3, 0.4) is 0 Å². The molecule has 4 nitrogen and oxygen atoms in total. The number of hydrogen-bond donors (Lipinski definition) is 2. The van der Waals surface area contributed by atoms with Gasteiger partial charge < -0.3 is 10.6 Å². The zero-order chi connectivity index (χ0) is 19.4. The Morgan fingerprint density at radius 3 is 0.880 bits per heavy atom. The first-order chi connectivity index (χ1) is 10.9. The van der Waals surface area contributed by atoms with Crippen molar-refractivity contribution in [3.05, 3.63) is 0 Å². The molecule has 0 aliphatic rings. The molecule has 0 bridgehead atoms. The SMILES string of the molecule is CC(C)N=C(NC(C)C)C(C)C.CC(C)N=C(NC(C)C)C(C)C.[Fe]. The van der Waals surface area contributed by atoms with Crippen molar-refractivity contribution in [2.75, 3.05) is 0 Å². The molecule has 0 spiro atoms. The van der Waals surface area contributed by atoms with Crippen molar-refractivity contribution in [2.45, 2.75) is 107 Å². The quantitative estimate of drug-likeness (QED) is 0.381. The Labute approximate surface area is 168 Å². The molecule has 0 unspecified atom stereocenters. The predicted octanol–water partition coefficient (Wildman–Crippen LogP) is 4.89. The van der Waals surface area contributed by atoms with Gasteiger partial charge in [-0.2, -0.15) is 0 Å². The molecule has 0 aromatic rings. The third-order valence-corrected chi connectivity index (χ3v) is 2.76. The average molecular weight is 396 g/mol. The molecule has 0 heterocycles. The Kier molecular flexibility index (Phi) is 18.4. The number of amidine groups is 2. The summed E-state index contributed by atoms with van der Waals surface area (Å²) in [7, 11) is 0. The molecule has 0 aromatic carbocycles. The van der Waals surface area contributed by atoms with Crippen LogP contribution in [-0.4, -0.2) is 35.8 Å². The summed E-state index contributed by atoms with van der Waals surface area (Å²) in [5.41, 5.74) is 0. The van der Waals surface area contributed by atoms with Crippen molar-refractivity contribution >= 4 is 11.7 Å². The van der Waals surface area contributed by atoms with Gasteiger partial charge in [0.1, 0.15) is 0 Å². The second-order valence-corrected chi connectivity index (χ2v) is 8.12. The van der Waals surface area contributed by atoms with Crippen molar-refractivity contribution in [1.82, 2.24) is 10.6 Å². The van der Waals surface area contributed by atoms with E-state index in [1.165, 1.54) is 0 Å². The molecular formula is C20H44FeN4. The second kappa shape index (κ2) is 15.7. The van der Waals surface area contributed by atoms with Gasteiger partial charge >= 0.3 is 0 Å². The van der Waals surface area contributed by atoms with Gasteiger partial charge in [-0.1, -0.05) is 27.7 Å². The van der Waals surface area contributed by atoms with E-state index in [1.807, 2.05) is 0 Å². The molecule has 0 aliphatic heterocycles. The third-order valence-electron chi connectivity index (χ3n) is 2.76. The summed E-state index contributed by atoms with van der Waals surface area (Å²) in [5.74, 6) is 3.24. The fraction of sp³-hybridized carbons (Fsp3) is 0.900. The minimum absolute atomic E-state index is 0. The van der Waals surface area contributed by atoms with Crippen LogP contribution in [0.1, 0.15) is 83.1 Å². The van der Waals surface area contributed by atoms with Crippen LogP contribution in [0.2, 0.25) is 0 Å². The summed E-state index contributed by atoms with van der Waals surface area (Å²) in [6, 6.07) is 1.72. The molecule has 2 N–H and O–H groups in total. The zero-order valence-corrected chi connectivity index (χ0v) is 19.8. The summed E-state index contributed by atoms with van der Waals surface area (Å²) in [4.78, 5) is 9.04. The molecule has 0 fully saturated rings.